The van der Waals surface area contributed by atoms with Gasteiger partial charge in [-0.25, -0.2) is 4.98 Å². The Kier molecular flexibility index (Phi) is 5.35. The van der Waals surface area contributed by atoms with Gasteiger partial charge in [-0.05, 0) is 25.9 Å². The fourth-order valence-electron chi connectivity index (χ4n) is 2.28. The van der Waals surface area contributed by atoms with Gasteiger partial charge in [0.15, 0.2) is 0 Å². The van der Waals surface area contributed by atoms with Gasteiger partial charge in [0.05, 0.1) is 31.7 Å². The molecule has 0 bridgehead atoms. The van der Waals surface area contributed by atoms with Crippen LogP contribution in [0, 0.1) is 0 Å². The monoisotopic (exact) mass is 266 g/mol. The molecular formula is C13H22N4O2. The molecule has 6 heteroatoms. The molecule has 1 N–H and O–H groups in total. The van der Waals surface area contributed by atoms with Crippen LogP contribution in [0.15, 0.2) is 12.5 Å². The summed E-state index contributed by atoms with van der Waals surface area (Å²) in [5, 5.41) is 2.95. The summed E-state index contributed by atoms with van der Waals surface area (Å²) >= 11 is 0. The Labute approximate surface area is 113 Å². The van der Waals surface area contributed by atoms with Gasteiger partial charge in [0.1, 0.15) is 0 Å². The van der Waals surface area contributed by atoms with E-state index in [0.29, 0.717) is 19.7 Å². The number of nitrogens with zero attached hydrogens (tertiary/aromatic N) is 3. The van der Waals surface area contributed by atoms with E-state index in [1.165, 1.54) is 12.8 Å². The van der Waals surface area contributed by atoms with Crippen LogP contribution < -0.4 is 5.32 Å². The fraction of sp³-hybridized carbons (Fsp3) is 0.692. The maximum Gasteiger partial charge on any atom is 0.234 e. The van der Waals surface area contributed by atoms with Crippen LogP contribution >= 0.6 is 0 Å². The molecule has 1 aromatic rings. The maximum atomic E-state index is 11.8. The molecule has 2 rings (SSSR count). The van der Waals surface area contributed by atoms with Crippen LogP contribution in [-0.2, 0) is 22.6 Å². The van der Waals surface area contributed by atoms with Crippen molar-refractivity contribution in [2.24, 2.45) is 0 Å². The Morgan fingerprint density at radius 1 is 1.47 bits per heavy atom. The highest BCUT2D eigenvalue weighted by Gasteiger charge is 2.15. The van der Waals surface area contributed by atoms with Gasteiger partial charge < -0.3 is 14.6 Å². The van der Waals surface area contributed by atoms with Crippen LogP contribution in [0.1, 0.15) is 18.5 Å². The van der Waals surface area contributed by atoms with Crippen molar-refractivity contribution in [3.8, 4) is 0 Å². The Hall–Kier alpha value is -1.40. The molecule has 6 nitrogen and oxygen atoms in total. The first kappa shape index (κ1) is 14.0. The summed E-state index contributed by atoms with van der Waals surface area (Å²) in [6.45, 7) is 4.51. The van der Waals surface area contributed by atoms with Gasteiger partial charge in [0.2, 0.25) is 5.91 Å². The molecule has 1 fully saturated rings. The van der Waals surface area contributed by atoms with Crippen molar-refractivity contribution in [3.05, 3.63) is 18.2 Å². The number of methoxy groups -OCH3 is 1. The van der Waals surface area contributed by atoms with Crippen molar-refractivity contribution < 1.29 is 9.53 Å². The van der Waals surface area contributed by atoms with Crippen molar-refractivity contribution in [2.45, 2.75) is 25.9 Å². The second-order valence-corrected chi connectivity index (χ2v) is 4.83. The van der Waals surface area contributed by atoms with E-state index < -0.39 is 0 Å². The number of carbonyl (C=O) groups is 1. The topological polar surface area (TPSA) is 59.4 Å². The summed E-state index contributed by atoms with van der Waals surface area (Å²) < 4.78 is 7.04. The molecule has 0 aromatic carbocycles. The highest BCUT2D eigenvalue weighted by molar-refractivity contribution is 5.77. The quantitative estimate of drug-likeness (QED) is 0.768. The third-order valence-electron chi connectivity index (χ3n) is 3.37. The Bertz CT molecular complexity index is 399. The first-order valence-electron chi connectivity index (χ1n) is 6.76. The minimum absolute atomic E-state index is 0.0846. The largest absolute Gasteiger partial charge is 0.383 e. The van der Waals surface area contributed by atoms with E-state index >= 15 is 0 Å². The average Bonchev–Trinajstić information content (AvgIpc) is 3.05. The number of likely N-dealkylation sites (tertiary alicyclic amines) is 1. The molecule has 19 heavy (non-hydrogen) atoms. The van der Waals surface area contributed by atoms with Gasteiger partial charge in [0.25, 0.3) is 0 Å². The van der Waals surface area contributed by atoms with Crippen molar-refractivity contribution in [1.82, 2.24) is 19.8 Å². The van der Waals surface area contributed by atoms with Gasteiger partial charge in [-0.1, -0.05) is 0 Å². The number of imidazole rings is 1. The number of ether oxygens (including phenoxy) is 1. The second kappa shape index (κ2) is 7.25. The molecule has 1 aromatic heterocycles. The lowest BCUT2D eigenvalue weighted by atomic mass is 10.4. The van der Waals surface area contributed by atoms with Gasteiger partial charge >= 0.3 is 0 Å². The molecular weight excluding hydrogens is 244 g/mol. The fourth-order valence-corrected chi connectivity index (χ4v) is 2.28. The predicted octanol–water partition coefficient (Wildman–Crippen LogP) is 0.242. The number of hydrogen-bond acceptors (Lipinski definition) is 4. The van der Waals surface area contributed by atoms with Crippen molar-refractivity contribution in [3.63, 3.8) is 0 Å². The molecule has 0 saturated carbocycles. The number of nitrogens with one attached hydrogen (secondary N) is 1. The van der Waals surface area contributed by atoms with Crippen molar-refractivity contribution in [1.29, 1.82) is 0 Å². The van der Waals surface area contributed by atoms with Gasteiger partial charge in [-0.3, -0.25) is 9.69 Å². The minimum atomic E-state index is 0.0846. The van der Waals surface area contributed by atoms with E-state index in [4.69, 9.17) is 4.74 Å². The van der Waals surface area contributed by atoms with Crippen LogP contribution in [0.5, 0.6) is 0 Å². The molecule has 0 unspecified atom stereocenters. The summed E-state index contributed by atoms with van der Waals surface area (Å²) in [6.07, 6.45) is 5.96. The SMILES string of the molecule is COCCn1cncc1CNC(=O)CN1CCCC1. The van der Waals surface area contributed by atoms with Crippen molar-refractivity contribution in [2.75, 3.05) is 33.4 Å². The molecule has 106 valence electrons. The average molecular weight is 266 g/mol. The third kappa shape index (κ3) is 4.33. The third-order valence-corrected chi connectivity index (χ3v) is 3.37. The van der Waals surface area contributed by atoms with Crippen LogP contribution in [-0.4, -0.2) is 53.7 Å². The van der Waals surface area contributed by atoms with Crippen LogP contribution in [0.4, 0.5) is 0 Å². The lowest BCUT2D eigenvalue weighted by molar-refractivity contribution is -0.122. The second-order valence-electron chi connectivity index (χ2n) is 4.83. The summed E-state index contributed by atoms with van der Waals surface area (Å²) in [5.74, 6) is 0.0846. The summed E-state index contributed by atoms with van der Waals surface area (Å²) in [7, 11) is 1.68. The molecule has 1 amide bonds. The minimum Gasteiger partial charge on any atom is -0.383 e. The van der Waals surface area contributed by atoms with Crippen LogP contribution in [0.25, 0.3) is 0 Å². The molecule has 0 radical (unpaired) electrons. The number of hydrogen-bond donors (Lipinski definition) is 1. The summed E-state index contributed by atoms with van der Waals surface area (Å²) in [4.78, 5) is 18.1. The van der Waals surface area contributed by atoms with Gasteiger partial charge in [-0.2, -0.15) is 0 Å². The van der Waals surface area contributed by atoms with Crippen LogP contribution in [0.2, 0.25) is 0 Å². The van der Waals surface area contributed by atoms with E-state index in [0.717, 1.165) is 25.3 Å². The Morgan fingerprint density at radius 3 is 3.00 bits per heavy atom. The predicted molar refractivity (Wildman–Crippen MR) is 71.6 cm³/mol. The number of amides is 1. The highest BCUT2D eigenvalue weighted by atomic mass is 16.5. The van der Waals surface area contributed by atoms with Gasteiger partial charge in [0, 0.05) is 19.9 Å². The molecule has 0 aliphatic carbocycles. The van der Waals surface area contributed by atoms with E-state index in [-0.39, 0.29) is 5.91 Å². The highest BCUT2D eigenvalue weighted by Crippen LogP contribution is 2.06. The summed E-state index contributed by atoms with van der Waals surface area (Å²) in [6, 6.07) is 0. The number of carbonyl (C=O) groups excluding carboxylic acids is 1. The lowest BCUT2D eigenvalue weighted by Crippen LogP contribution is -2.35. The number of aromatic nitrogens is 2. The zero-order chi connectivity index (χ0) is 13.5. The van der Waals surface area contributed by atoms with E-state index in [1.54, 1.807) is 19.6 Å². The zero-order valence-corrected chi connectivity index (χ0v) is 11.5. The number of rotatable bonds is 7. The van der Waals surface area contributed by atoms with Crippen LogP contribution in [0.3, 0.4) is 0 Å². The smallest absolute Gasteiger partial charge is 0.234 e. The molecule has 1 saturated heterocycles. The molecule has 0 atom stereocenters. The standard InChI is InChI=1S/C13H22N4O2/c1-19-7-6-17-11-14-8-12(17)9-15-13(18)10-16-4-2-3-5-16/h8,11H,2-7,9-10H2,1H3,(H,15,18). The Balaban J connectivity index is 1.74. The van der Waals surface area contributed by atoms with E-state index in [2.05, 4.69) is 15.2 Å². The molecule has 1 aliphatic rings. The lowest BCUT2D eigenvalue weighted by Gasteiger charge is -2.14. The molecule has 1 aliphatic heterocycles. The molecule has 2 heterocycles. The first-order chi connectivity index (χ1) is 9.29. The zero-order valence-electron chi connectivity index (χ0n) is 11.5. The van der Waals surface area contributed by atoms with Gasteiger partial charge in [-0.15, -0.1) is 0 Å². The summed E-state index contributed by atoms with van der Waals surface area (Å²) in [5.41, 5.74) is 1.01. The molecule has 0 spiro atoms. The van der Waals surface area contributed by atoms with E-state index in [9.17, 15) is 4.79 Å². The first-order valence-corrected chi connectivity index (χ1v) is 6.76. The normalized spacial score (nSPS) is 15.8. The Morgan fingerprint density at radius 2 is 2.26 bits per heavy atom. The maximum absolute atomic E-state index is 11.8. The van der Waals surface area contributed by atoms with Crippen molar-refractivity contribution >= 4 is 5.91 Å². The van der Waals surface area contributed by atoms with E-state index in [1.807, 2.05) is 4.57 Å².